The molecular formula is C36H55NO15. The van der Waals surface area contributed by atoms with Crippen molar-refractivity contribution in [2.24, 2.45) is 0 Å². The van der Waals surface area contributed by atoms with Gasteiger partial charge in [0, 0.05) is 25.3 Å². The van der Waals surface area contributed by atoms with Crippen molar-refractivity contribution in [2.45, 2.75) is 54.9 Å². The number of carboxylic acid groups (broad SMARTS) is 2. The number of carbonyl (C=O) groups is 2. The third-order valence-electron chi connectivity index (χ3n) is 9.92. The standard InChI is InChI=1S/C34H53NO11.C2H2O4/c1-3-9-35-10-8-33-30-26-4-5-27(36)31(30)46-32(33)28(6-7-34(33,37)29(35)25-26)45-24-23-44-22-21-43-20-19-42-18-17-41-16-15-40-14-13-39-12-11-38-2;3-1(4)2(5)6/h3-5,28-29,32,36-37H,1,6-25H2,2H3;(H,3,4)(H,5,6)/t28?,29-,32?,33+,34-;/m1./s1. The number of aromatic hydroxyl groups is 1. The summed E-state index contributed by atoms with van der Waals surface area (Å²) in [5.74, 6) is -2.99. The van der Waals surface area contributed by atoms with Crippen molar-refractivity contribution in [3.8, 4) is 11.5 Å². The van der Waals surface area contributed by atoms with Crippen molar-refractivity contribution in [3.63, 3.8) is 0 Å². The Hall–Kier alpha value is -2.90. The topological polar surface area (TPSA) is 201 Å². The molecule has 16 nitrogen and oxygen atoms in total. The average molecular weight is 742 g/mol. The third-order valence-corrected chi connectivity index (χ3v) is 9.92. The lowest BCUT2D eigenvalue weighted by Crippen LogP contribution is -2.77. The number of nitrogens with zero attached hydrogens (tertiary/aromatic N) is 1. The SMILES string of the molecule is C=CCN1CC[C@]23c4c5ccc(O)c4OC2C(OCCOCCOCCOCCOCCOCCOCCOC)CC[C@@]3(O)[C@H]1C5.O=C(O)C(=O)O. The number of likely N-dealkylation sites (tertiary alicyclic amines) is 1. The summed E-state index contributed by atoms with van der Waals surface area (Å²) in [5, 5.41) is 37.9. The van der Waals surface area contributed by atoms with Crippen molar-refractivity contribution in [1.29, 1.82) is 0 Å². The Morgan fingerprint density at radius 2 is 1.37 bits per heavy atom. The summed E-state index contributed by atoms with van der Waals surface area (Å²) >= 11 is 0. The Morgan fingerprint density at radius 1 is 0.846 bits per heavy atom. The van der Waals surface area contributed by atoms with Crippen LogP contribution in [0.5, 0.6) is 11.5 Å². The molecule has 2 fully saturated rings. The maximum atomic E-state index is 12.4. The van der Waals surface area contributed by atoms with Gasteiger partial charge < -0.3 is 63.1 Å². The molecule has 0 radical (unpaired) electrons. The van der Waals surface area contributed by atoms with Crippen LogP contribution in [0.1, 0.15) is 30.4 Å². The van der Waals surface area contributed by atoms with E-state index in [-0.39, 0.29) is 24.0 Å². The summed E-state index contributed by atoms with van der Waals surface area (Å²) in [6.45, 7) is 12.6. The molecule has 2 aliphatic carbocycles. The first-order valence-electron chi connectivity index (χ1n) is 17.8. The zero-order valence-electron chi connectivity index (χ0n) is 30.0. The van der Waals surface area contributed by atoms with E-state index in [0.29, 0.717) is 111 Å². The van der Waals surface area contributed by atoms with Crippen LogP contribution in [0.4, 0.5) is 0 Å². The van der Waals surface area contributed by atoms with E-state index in [2.05, 4.69) is 11.5 Å². The number of aliphatic hydroxyl groups is 1. The summed E-state index contributed by atoms with van der Waals surface area (Å²) in [5.41, 5.74) is 0.592. The molecule has 0 amide bonds. The van der Waals surface area contributed by atoms with Gasteiger partial charge in [0.15, 0.2) is 11.5 Å². The zero-order valence-corrected chi connectivity index (χ0v) is 30.0. The van der Waals surface area contributed by atoms with E-state index in [0.717, 1.165) is 37.1 Å². The minimum absolute atomic E-state index is 0.0238. The fourth-order valence-electron chi connectivity index (χ4n) is 7.74. The van der Waals surface area contributed by atoms with E-state index in [1.807, 2.05) is 12.1 Å². The molecule has 2 bridgehead atoms. The monoisotopic (exact) mass is 741 g/mol. The number of phenols is 1. The van der Waals surface area contributed by atoms with E-state index < -0.39 is 23.0 Å². The van der Waals surface area contributed by atoms with E-state index >= 15 is 0 Å². The van der Waals surface area contributed by atoms with Crippen molar-refractivity contribution >= 4 is 11.9 Å². The van der Waals surface area contributed by atoms with Gasteiger partial charge in [-0.15, -0.1) is 6.58 Å². The summed E-state index contributed by atoms with van der Waals surface area (Å²) < 4.78 is 50.9. The first-order valence-corrected chi connectivity index (χ1v) is 17.8. The summed E-state index contributed by atoms with van der Waals surface area (Å²) in [6.07, 6.45) is 4.12. The Morgan fingerprint density at radius 3 is 1.87 bits per heavy atom. The van der Waals surface area contributed by atoms with Crippen LogP contribution in [0.15, 0.2) is 24.8 Å². The Labute approximate surface area is 304 Å². The van der Waals surface area contributed by atoms with E-state index in [1.54, 1.807) is 13.2 Å². The van der Waals surface area contributed by atoms with Crippen LogP contribution in [-0.2, 0) is 59.3 Å². The van der Waals surface area contributed by atoms with Gasteiger partial charge in [0.05, 0.1) is 110 Å². The van der Waals surface area contributed by atoms with Crippen LogP contribution in [0, 0.1) is 0 Å². The minimum atomic E-state index is -1.82. The van der Waals surface area contributed by atoms with Gasteiger partial charge in [0.2, 0.25) is 0 Å². The largest absolute Gasteiger partial charge is 0.504 e. The number of methoxy groups -OCH3 is 1. The van der Waals surface area contributed by atoms with Gasteiger partial charge in [-0.3, -0.25) is 4.90 Å². The quantitative estimate of drug-likeness (QED) is 0.0664. The number of carboxylic acids is 2. The number of rotatable bonds is 24. The molecule has 1 aromatic carbocycles. The van der Waals surface area contributed by atoms with Crippen LogP contribution in [0.3, 0.4) is 0 Å². The molecule has 2 heterocycles. The lowest BCUT2D eigenvalue weighted by molar-refractivity contribution is -0.215. The van der Waals surface area contributed by atoms with Crippen molar-refractivity contribution in [1.82, 2.24) is 4.90 Å². The normalized spacial score (nSPS) is 25.5. The number of aliphatic carboxylic acids is 2. The lowest BCUT2D eigenvalue weighted by Gasteiger charge is -2.64. The molecule has 5 atom stereocenters. The Balaban J connectivity index is 0.000000929. The van der Waals surface area contributed by atoms with Crippen LogP contribution in [0.2, 0.25) is 0 Å². The molecule has 1 saturated heterocycles. The highest BCUT2D eigenvalue weighted by Crippen LogP contribution is 2.65. The van der Waals surface area contributed by atoms with Gasteiger partial charge >= 0.3 is 11.9 Å². The number of hydrogen-bond acceptors (Lipinski definition) is 14. The summed E-state index contributed by atoms with van der Waals surface area (Å²) in [6, 6.07) is 3.69. The van der Waals surface area contributed by atoms with Crippen LogP contribution >= 0.6 is 0 Å². The van der Waals surface area contributed by atoms with Gasteiger partial charge in [-0.05, 0) is 43.9 Å². The smallest absolute Gasteiger partial charge is 0.414 e. The van der Waals surface area contributed by atoms with Crippen molar-refractivity contribution in [2.75, 3.05) is 113 Å². The Kier molecular flexibility index (Phi) is 17.0. The van der Waals surface area contributed by atoms with Gasteiger partial charge in [-0.25, -0.2) is 9.59 Å². The number of piperidine rings is 1. The molecular weight excluding hydrogens is 686 g/mol. The first kappa shape index (κ1) is 41.9. The highest BCUT2D eigenvalue weighted by atomic mass is 16.6. The van der Waals surface area contributed by atoms with Crippen LogP contribution in [-0.4, -0.2) is 174 Å². The maximum absolute atomic E-state index is 12.4. The first-order chi connectivity index (χ1) is 25.2. The number of hydrogen-bond donors (Lipinski definition) is 4. The second-order valence-corrected chi connectivity index (χ2v) is 12.9. The highest BCUT2D eigenvalue weighted by molar-refractivity contribution is 6.27. The molecule has 294 valence electrons. The predicted octanol–water partition coefficient (Wildman–Crippen LogP) is 1.02. The van der Waals surface area contributed by atoms with E-state index in [4.69, 9.17) is 62.4 Å². The molecule has 1 aromatic rings. The molecule has 52 heavy (non-hydrogen) atoms. The van der Waals surface area contributed by atoms with Crippen LogP contribution in [0.25, 0.3) is 0 Å². The third kappa shape index (κ3) is 10.2. The van der Waals surface area contributed by atoms with Crippen LogP contribution < -0.4 is 4.74 Å². The zero-order chi connectivity index (χ0) is 37.4. The molecule has 2 unspecified atom stereocenters. The van der Waals surface area contributed by atoms with Crippen molar-refractivity contribution < 1.29 is 72.6 Å². The highest BCUT2D eigenvalue weighted by Gasteiger charge is 2.73. The average Bonchev–Trinajstić information content (AvgIpc) is 3.48. The minimum Gasteiger partial charge on any atom is -0.504 e. The summed E-state index contributed by atoms with van der Waals surface area (Å²) in [4.78, 5) is 20.6. The maximum Gasteiger partial charge on any atom is 0.414 e. The fraction of sp³-hybridized carbons (Fsp3) is 0.722. The number of ether oxygens (including phenoxy) is 9. The summed E-state index contributed by atoms with van der Waals surface area (Å²) in [7, 11) is 1.65. The fourth-order valence-corrected chi connectivity index (χ4v) is 7.74. The molecule has 4 aliphatic rings. The molecule has 5 rings (SSSR count). The number of benzene rings is 1. The number of phenolic OH excluding ortho intramolecular Hbond substituents is 1. The van der Waals surface area contributed by atoms with Crippen molar-refractivity contribution in [3.05, 3.63) is 35.9 Å². The molecule has 16 heteroatoms. The second-order valence-electron chi connectivity index (χ2n) is 12.9. The second kappa shape index (κ2) is 21.1. The molecule has 1 spiro atoms. The van der Waals surface area contributed by atoms with Gasteiger partial charge in [0.1, 0.15) is 6.10 Å². The molecule has 4 N–H and O–H groups in total. The lowest BCUT2D eigenvalue weighted by atomic mass is 9.48. The van der Waals surface area contributed by atoms with E-state index in [1.165, 1.54) is 0 Å². The molecule has 2 aliphatic heterocycles. The van der Waals surface area contributed by atoms with Gasteiger partial charge in [0.25, 0.3) is 0 Å². The predicted molar refractivity (Wildman–Crippen MR) is 184 cm³/mol. The van der Waals surface area contributed by atoms with E-state index in [9.17, 15) is 10.2 Å². The Bertz CT molecular complexity index is 1270. The van der Waals surface area contributed by atoms with Gasteiger partial charge in [-0.2, -0.15) is 0 Å². The van der Waals surface area contributed by atoms with Gasteiger partial charge in [-0.1, -0.05) is 12.1 Å². The molecule has 1 saturated carbocycles. The molecule has 0 aromatic heterocycles.